The summed E-state index contributed by atoms with van der Waals surface area (Å²) in [5.74, 6) is 0.569. The van der Waals surface area contributed by atoms with Crippen LogP contribution in [0.5, 0.6) is 0 Å². The summed E-state index contributed by atoms with van der Waals surface area (Å²) < 4.78 is 0. The number of halogens is 1. The lowest BCUT2D eigenvalue weighted by atomic mass is 10.1. The van der Waals surface area contributed by atoms with Gasteiger partial charge in [-0.05, 0) is 24.1 Å². The standard InChI is InChI=1S/C11H15ClN2S/c1-7(2)6-14-10-4-3-8(12)5-9(10)11(13)15/h3-5,7,14H,6H2,1-2H3,(H2,13,15). The quantitative estimate of drug-likeness (QED) is 0.798. The van der Waals surface area contributed by atoms with E-state index < -0.39 is 0 Å². The van der Waals surface area contributed by atoms with Crippen LogP contribution in [0.1, 0.15) is 19.4 Å². The van der Waals surface area contributed by atoms with Gasteiger partial charge in [0.25, 0.3) is 0 Å². The normalized spacial score (nSPS) is 10.4. The summed E-state index contributed by atoms with van der Waals surface area (Å²) >= 11 is 10.8. The van der Waals surface area contributed by atoms with Crippen molar-refractivity contribution in [3.63, 3.8) is 0 Å². The number of nitrogens with two attached hydrogens (primary N) is 1. The lowest BCUT2D eigenvalue weighted by molar-refractivity contribution is 0.689. The molecule has 0 aliphatic rings. The Morgan fingerprint density at radius 1 is 1.53 bits per heavy atom. The van der Waals surface area contributed by atoms with Crippen LogP contribution in [0.3, 0.4) is 0 Å². The largest absolute Gasteiger partial charge is 0.389 e. The zero-order chi connectivity index (χ0) is 11.4. The van der Waals surface area contributed by atoms with Gasteiger partial charge in [-0.1, -0.05) is 37.7 Å². The lowest BCUT2D eigenvalue weighted by Crippen LogP contribution is -2.15. The van der Waals surface area contributed by atoms with Crippen molar-refractivity contribution in [1.82, 2.24) is 0 Å². The smallest absolute Gasteiger partial charge is 0.106 e. The first-order valence-corrected chi connectivity index (χ1v) is 5.62. The van der Waals surface area contributed by atoms with Crippen LogP contribution in [0, 0.1) is 5.92 Å². The van der Waals surface area contributed by atoms with E-state index in [9.17, 15) is 0 Å². The highest BCUT2D eigenvalue weighted by atomic mass is 35.5. The van der Waals surface area contributed by atoms with Gasteiger partial charge < -0.3 is 11.1 Å². The molecule has 1 aromatic carbocycles. The van der Waals surface area contributed by atoms with Crippen LogP contribution in [0.25, 0.3) is 0 Å². The Bertz CT molecular complexity index is 364. The summed E-state index contributed by atoms with van der Waals surface area (Å²) in [7, 11) is 0. The maximum absolute atomic E-state index is 5.88. The van der Waals surface area contributed by atoms with Crippen LogP contribution in [0.15, 0.2) is 18.2 Å². The first kappa shape index (κ1) is 12.3. The number of rotatable bonds is 4. The summed E-state index contributed by atoms with van der Waals surface area (Å²) in [5, 5.41) is 3.94. The Balaban J connectivity index is 2.91. The van der Waals surface area contributed by atoms with Crippen LogP contribution in [0.4, 0.5) is 5.69 Å². The van der Waals surface area contributed by atoms with Gasteiger partial charge in [0.1, 0.15) is 4.99 Å². The van der Waals surface area contributed by atoms with Crippen molar-refractivity contribution < 1.29 is 0 Å². The van der Waals surface area contributed by atoms with E-state index in [4.69, 9.17) is 29.6 Å². The Hall–Kier alpha value is -0.800. The van der Waals surface area contributed by atoms with Gasteiger partial charge in [0.2, 0.25) is 0 Å². The van der Waals surface area contributed by atoms with Crippen LogP contribution >= 0.6 is 23.8 Å². The molecule has 0 heterocycles. The molecule has 0 spiro atoms. The Morgan fingerprint density at radius 2 is 2.20 bits per heavy atom. The zero-order valence-electron chi connectivity index (χ0n) is 8.88. The summed E-state index contributed by atoms with van der Waals surface area (Å²) in [6.45, 7) is 5.17. The molecular formula is C11H15ClN2S. The van der Waals surface area contributed by atoms with Crippen molar-refractivity contribution in [2.75, 3.05) is 11.9 Å². The molecule has 0 amide bonds. The molecule has 1 aromatic rings. The fourth-order valence-corrected chi connectivity index (χ4v) is 1.53. The molecule has 0 aliphatic heterocycles. The van der Waals surface area contributed by atoms with Gasteiger partial charge in [0.15, 0.2) is 0 Å². The maximum Gasteiger partial charge on any atom is 0.106 e. The molecule has 0 radical (unpaired) electrons. The van der Waals surface area contributed by atoms with Gasteiger partial charge in [0.05, 0.1) is 0 Å². The third-order valence-corrected chi connectivity index (χ3v) is 2.40. The molecule has 0 aromatic heterocycles. The van der Waals surface area contributed by atoms with E-state index >= 15 is 0 Å². The molecule has 0 unspecified atom stereocenters. The molecule has 0 aliphatic carbocycles. The van der Waals surface area contributed by atoms with Crippen LogP contribution < -0.4 is 11.1 Å². The molecule has 82 valence electrons. The first-order valence-electron chi connectivity index (χ1n) is 4.84. The van der Waals surface area contributed by atoms with Crippen molar-refractivity contribution >= 4 is 34.5 Å². The second-order valence-electron chi connectivity index (χ2n) is 3.83. The molecule has 1 rings (SSSR count). The minimum Gasteiger partial charge on any atom is -0.389 e. The molecule has 0 bridgehead atoms. The fraction of sp³-hybridized carbons (Fsp3) is 0.364. The highest BCUT2D eigenvalue weighted by Gasteiger charge is 2.06. The molecule has 4 heteroatoms. The third kappa shape index (κ3) is 3.68. The van der Waals surface area contributed by atoms with E-state index in [0.29, 0.717) is 15.9 Å². The SMILES string of the molecule is CC(C)CNc1ccc(Cl)cc1C(N)=S. The summed E-state index contributed by atoms with van der Waals surface area (Å²) in [6.07, 6.45) is 0. The molecule has 3 N–H and O–H groups in total. The second kappa shape index (κ2) is 5.33. The molecule has 0 fully saturated rings. The van der Waals surface area contributed by atoms with Gasteiger partial charge in [-0.2, -0.15) is 0 Å². The number of hydrogen-bond donors (Lipinski definition) is 2. The Labute approximate surface area is 101 Å². The summed E-state index contributed by atoms with van der Waals surface area (Å²) in [5.41, 5.74) is 7.37. The average Bonchev–Trinajstić information content (AvgIpc) is 2.15. The van der Waals surface area contributed by atoms with E-state index in [0.717, 1.165) is 17.8 Å². The van der Waals surface area contributed by atoms with E-state index in [1.54, 1.807) is 6.07 Å². The summed E-state index contributed by atoms with van der Waals surface area (Å²) in [4.78, 5) is 0.365. The van der Waals surface area contributed by atoms with Gasteiger partial charge in [-0.25, -0.2) is 0 Å². The lowest BCUT2D eigenvalue weighted by Gasteiger charge is -2.13. The third-order valence-electron chi connectivity index (χ3n) is 1.95. The van der Waals surface area contributed by atoms with Crippen molar-refractivity contribution in [3.05, 3.63) is 28.8 Å². The average molecular weight is 243 g/mol. The number of benzene rings is 1. The minimum absolute atomic E-state index is 0.365. The van der Waals surface area contributed by atoms with Crippen molar-refractivity contribution in [1.29, 1.82) is 0 Å². The van der Waals surface area contributed by atoms with Crippen molar-refractivity contribution in [2.24, 2.45) is 11.7 Å². The van der Waals surface area contributed by atoms with E-state index in [-0.39, 0.29) is 0 Å². The first-order chi connectivity index (χ1) is 7.00. The highest BCUT2D eigenvalue weighted by Crippen LogP contribution is 2.20. The van der Waals surface area contributed by atoms with Crippen LogP contribution in [0.2, 0.25) is 5.02 Å². The van der Waals surface area contributed by atoms with Crippen molar-refractivity contribution in [3.8, 4) is 0 Å². The molecule has 0 saturated carbocycles. The van der Waals surface area contributed by atoms with Crippen molar-refractivity contribution in [2.45, 2.75) is 13.8 Å². The second-order valence-corrected chi connectivity index (χ2v) is 4.71. The number of hydrogen-bond acceptors (Lipinski definition) is 2. The highest BCUT2D eigenvalue weighted by molar-refractivity contribution is 7.80. The van der Waals surface area contributed by atoms with Gasteiger partial charge >= 0.3 is 0 Å². The maximum atomic E-state index is 5.88. The predicted molar refractivity (Wildman–Crippen MR) is 70.7 cm³/mol. The fourth-order valence-electron chi connectivity index (χ4n) is 1.19. The molecule has 15 heavy (non-hydrogen) atoms. The van der Waals surface area contributed by atoms with E-state index in [1.165, 1.54) is 0 Å². The minimum atomic E-state index is 0.365. The number of thiocarbonyl (C=S) groups is 1. The topological polar surface area (TPSA) is 38.0 Å². The van der Waals surface area contributed by atoms with E-state index in [1.807, 2.05) is 12.1 Å². The number of anilines is 1. The van der Waals surface area contributed by atoms with Gasteiger partial charge in [-0.3, -0.25) is 0 Å². The van der Waals surface area contributed by atoms with Crippen LogP contribution in [-0.2, 0) is 0 Å². The predicted octanol–water partition coefficient (Wildman–Crippen LogP) is 3.04. The molecule has 2 nitrogen and oxygen atoms in total. The molecule has 0 atom stereocenters. The number of nitrogens with one attached hydrogen (secondary N) is 1. The Kier molecular flexibility index (Phi) is 4.36. The molecular weight excluding hydrogens is 228 g/mol. The van der Waals surface area contributed by atoms with Crippen LogP contribution in [-0.4, -0.2) is 11.5 Å². The summed E-state index contributed by atoms with van der Waals surface area (Å²) in [6, 6.07) is 5.51. The van der Waals surface area contributed by atoms with Gasteiger partial charge in [0, 0.05) is 22.8 Å². The monoisotopic (exact) mass is 242 g/mol. The van der Waals surface area contributed by atoms with Gasteiger partial charge in [-0.15, -0.1) is 0 Å². The Morgan fingerprint density at radius 3 is 2.73 bits per heavy atom. The zero-order valence-corrected chi connectivity index (χ0v) is 10.5. The molecule has 0 saturated heterocycles. The van der Waals surface area contributed by atoms with E-state index in [2.05, 4.69) is 19.2 Å².